The normalized spacial score (nSPS) is 14.5. The van der Waals surface area contributed by atoms with Gasteiger partial charge in [0.05, 0.1) is 6.23 Å². The SMILES string of the molecule is CCC/C=C/CC(/C=C/CCCCCCc1cccc(O)c1)C(C)[Si](CO)(OC)OC. The van der Waals surface area contributed by atoms with E-state index < -0.39 is 8.56 Å². The van der Waals surface area contributed by atoms with Crippen LogP contribution in [0.4, 0.5) is 0 Å². The predicted octanol–water partition coefficient (Wildman–Crippen LogP) is 6.46. The molecule has 1 aromatic carbocycles. The third-order valence-corrected chi connectivity index (χ3v) is 9.80. The number of aromatic hydroxyl groups is 1. The van der Waals surface area contributed by atoms with Crippen molar-refractivity contribution in [2.75, 3.05) is 20.4 Å². The fourth-order valence-electron chi connectivity index (χ4n) is 3.97. The molecule has 0 aliphatic carbocycles. The van der Waals surface area contributed by atoms with Crippen LogP contribution in [0.5, 0.6) is 5.75 Å². The number of hydrogen-bond donors (Lipinski definition) is 2. The van der Waals surface area contributed by atoms with Gasteiger partial charge < -0.3 is 19.1 Å². The molecule has 0 bridgehead atoms. The van der Waals surface area contributed by atoms with E-state index in [-0.39, 0.29) is 11.8 Å². The minimum absolute atomic E-state index is 0.0244. The Balaban J connectivity index is 2.48. The van der Waals surface area contributed by atoms with Gasteiger partial charge in [0.2, 0.25) is 0 Å². The summed E-state index contributed by atoms with van der Waals surface area (Å²) < 4.78 is 11.4. The standard InChI is InChI=1S/C26H44O4Si/c1-5-6-7-13-18-25(23(2)31(22-27,29-3)30-4)19-14-11-9-8-10-12-16-24-17-15-20-26(28)21-24/h7,13-15,17,19-21,23,25,27-28H,5-6,8-12,16,18,22H2,1-4H3/b13-7+,19-14+. The van der Waals surface area contributed by atoms with Crippen LogP contribution in [0.15, 0.2) is 48.6 Å². The lowest BCUT2D eigenvalue weighted by atomic mass is 9.99. The Morgan fingerprint density at radius 2 is 1.74 bits per heavy atom. The predicted molar refractivity (Wildman–Crippen MR) is 132 cm³/mol. The molecule has 0 saturated carbocycles. The van der Waals surface area contributed by atoms with Crippen molar-refractivity contribution in [2.24, 2.45) is 5.92 Å². The first-order valence-electron chi connectivity index (χ1n) is 11.8. The number of hydrogen-bond acceptors (Lipinski definition) is 4. The van der Waals surface area contributed by atoms with Crippen LogP contribution in [0.3, 0.4) is 0 Å². The van der Waals surface area contributed by atoms with Gasteiger partial charge in [-0.05, 0) is 62.1 Å². The first-order chi connectivity index (χ1) is 15.0. The summed E-state index contributed by atoms with van der Waals surface area (Å²) in [6.45, 7) is 4.34. The largest absolute Gasteiger partial charge is 0.508 e. The molecular formula is C26H44O4Si. The molecule has 1 aromatic rings. The molecule has 0 spiro atoms. The number of benzene rings is 1. The van der Waals surface area contributed by atoms with Crippen LogP contribution in [0.2, 0.25) is 5.54 Å². The van der Waals surface area contributed by atoms with E-state index in [1.54, 1.807) is 20.3 Å². The Morgan fingerprint density at radius 1 is 1.00 bits per heavy atom. The zero-order valence-corrected chi connectivity index (χ0v) is 21.1. The van der Waals surface area contributed by atoms with Gasteiger partial charge in [-0.3, -0.25) is 0 Å². The van der Waals surface area contributed by atoms with Gasteiger partial charge >= 0.3 is 8.56 Å². The minimum Gasteiger partial charge on any atom is -0.508 e. The number of aliphatic hydroxyl groups is 1. The van der Waals surface area contributed by atoms with E-state index in [1.807, 2.05) is 12.1 Å². The third kappa shape index (κ3) is 10.2. The number of allylic oxidation sites excluding steroid dienone is 4. The quantitative estimate of drug-likeness (QED) is 0.163. The van der Waals surface area contributed by atoms with Crippen molar-refractivity contribution in [3.63, 3.8) is 0 Å². The maximum atomic E-state index is 9.95. The molecule has 0 fully saturated rings. The molecule has 31 heavy (non-hydrogen) atoms. The topological polar surface area (TPSA) is 58.9 Å². The molecule has 2 N–H and O–H groups in total. The van der Waals surface area contributed by atoms with Crippen LogP contribution >= 0.6 is 0 Å². The summed E-state index contributed by atoms with van der Waals surface area (Å²) in [5.74, 6) is 0.656. The maximum absolute atomic E-state index is 9.95. The second-order valence-corrected chi connectivity index (χ2v) is 12.0. The first-order valence-corrected chi connectivity index (χ1v) is 13.9. The van der Waals surface area contributed by atoms with E-state index >= 15 is 0 Å². The van der Waals surface area contributed by atoms with Crippen molar-refractivity contribution in [2.45, 2.75) is 77.2 Å². The number of phenols is 1. The van der Waals surface area contributed by atoms with E-state index in [2.05, 4.69) is 44.2 Å². The molecule has 0 saturated heterocycles. The van der Waals surface area contributed by atoms with Gasteiger partial charge in [-0.1, -0.05) is 69.5 Å². The lowest BCUT2D eigenvalue weighted by Gasteiger charge is -2.35. The number of aryl methyl sites for hydroxylation is 1. The van der Waals surface area contributed by atoms with E-state index in [4.69, 9.17) is 8.85 Å². The van der Waals surface area contributed by atoms with Crippen LogP contribution < -0.4 is 0 Å². The molecule has 0 aliphatic rings. The summed E-state index contributed by atoms with van der Waals surface area (Å²) in [4.78, 5) is 0. The Morgan fingerprint density at radius 3 is 2.39 bits per heavy atom. The van der Waals surface area contributed by atoms with Crippen molar-refractivity contribution in [3.8, 4) is 5.75 Å². The number of unbranched alkanes of at least 4 members (excludes halogenated alkanes) is 5. The van der Waals surface area contributed by atoms with E-state index in [1.165, 1.54) is 24.8 Å². The summed E-state index contributed by atoms with van der Waals surface area (Å²) >= 11 is 0. The van der Waals surface area contributed by atoms with Crippen molar-refractivity contribution >= 4 is 8.56 Å². The summed E-state index contributed by atoms with van der Waals surface area (Å²) in [6.07, 6.45) is 19.1. The summed E-state index contributed by atoms with van der Waals surface area (Å²) in [6, 6.07) is 7.56. The monoisotopic (exact) mass is 448 g/mol. The third-order valence-electron chi connectivity index (χ3n) is 6.16. The van der Waals surface area contributed by atoms with Gasteiger partial charge in [-0.15, -0.1) is 0 Å². The van der Waals surface area contributed by atoms with Crippen LogP contribution in [0.1, 0.15) is 70.8 Å². The average Bonchev–Trinajstić information content (AvgIpc) is 2.78. The molecule has 0 heterocycles. The van der Waals surface area contributed by atoms with Crippen molar-refractivity contribution in [3.05, 3.63) is 54.1 Å². The van der Waals surface area contributed by atoms with E-state index in [9.17, 15) is 10.2 Å². The highest BCUT2D eigenvalue weighted by molar-refractivity contribution is 6.68. The molecule has 176 valence electrons. The molecule has 0 amide bonds. The molecule has 0 aromatic heterocycles. The highest BCUT2D eigenvalue weighted by atomic mass is 28.4. The second kappa shape index (κ2) is 16.3. The fourth-order valence-corrected chi connectivity index (χ4v) is 6.33. The number of phenolic OH excluding ortho intramolecular Hbond substituents is 1. The molecule has 5 heteroatoms. The molecule has 0 radical (unpaired) electrons. The van der Waals surface area contributed by atoms with Gasteiger partial charge in [0.1, 0.15) is 5.75 Å². The van der Waals surface area contributed by atoms with Crippen molar-refractivity contribution in [1.82, 2.24) is 0 Å². The van der Waals surface area contributed by atoms with Gasteiger partial charge in [0.15, 0.2) is 0 Å². The lowest BCUT2D eigenvalue weighted by molar-refractivity contribution is 0.181. The Kier molecular flexibility index (Phi) is 14.5. The summed E-state index contributed by atoms with van der Waals surface area (Å²) in [5, 5.41) is 19.5. The molecule has 0 aliphatic heterocycles. The Hall–Kier alpha value is -1.40. The second-order valence-electron chi connectivity index (χ2n) is 8.38. The van der Waals surface area contributed by atoms with Crippen LogP contribution in [0.25, 0.3) is 0 Å². The smallest absolute Gasteiger partial charge is 0.367 e. The molecule has 2 atom stereocenters. The van der Waals surface area contributed by atoms with Crippen molar-refractivity contribution in [1.29, 1.82) is 0 Å². The summed E-state index contributed by atoms with van der Waals surface area (Å²) in [7, 11) is 0.697. The van der Waals surface area contributed by atoms with Gasteiger partial charge in [-0.2, -0.15) is 0 Å². The first kappa shape index (κ1) is 27.6. The van der Waals surface area contributed by atoms with E-state index in [0.29, 0.717) is 11.7 Å². The van der Waals surface area contributed by atoms with Gasteiger partial charge in [0.25, 0.3) is 0 Å². The Bertz CT molecular complexity index is 632. The molecule has 1 rings (SSSR count). The van der Waals surface area contributed by atoms with Crippen LogP contribution in [-0.4, -0.2) is 39.2 Å². The highest BCUT2D eigenvalue weighted by Crippen LogP contribution is 2.34. The molecule has 2 unspecified atom stereocenters. The maximum Gasteiger partial charge on any atom is 0.367 e. The Labute approximate surface area is 191 Å². The molecule has 4 nitrogen and oxygen atoms in total. The lowest BCUT2D eigenvalue weighted by Crippen LogP contribution is -2.50. The van der Waals surface area contributed by atoms with Crippen LogP contribution in [-0.2, 0) is 15.3 Å². The zero-order valence-electron chi connectivity index (χ0n) is 20.1. The van der Waals surface area contributed by atoms with Gasteiger partial charge in [0, 0.05) is 19.8 Å². The number of aliphatic hydroxyl groups excluding tert-OH is 1. The van der Waals surface area contributed by atoms with Crippen LogP contribution in [0, 0.1) is 5.92 Å². The summed E-state index contributed by atoms with van der Waals surface area (Å²) in [5.41, 5.74) is 1.37. The zero-order chi connectivity index (χ0) is 23.0. The average molecular weight is 449 g/mol. The fraction of sp³-hybridized carbons (Fsp3) is 0.615. The highest BCUT2D eigenvalue weighted by Gasteiger charge is 2.44. The molecular weight excluding hydrogens is 404 g/mol. The minimum atomic E-state index is -2.62. The van der Waals surface area contributed by atoms with Crippen molar-refractivity contribution < 1.29 is 19.1 Å². The van der Waals surface area contributed by atoms with Gasteiger partial charge in [-0.25, -0.2) is 0 Å². The number of rotatable bonds is 17. The van der Waals surface area contributed by atoms with E-state index in [0.717, 1.165) is 38.5 Å².